The van der Waals surface area contributed by atoms with Crippen molar-refractivity contribution in [3.63, 3.8) is 0 Å². The molecule has 0 N–H and O–H groups in total. The molecule has 1 aromatic carbocycles. The van der Waals surface area contributed by atoms with Gasteiger partial charge in [0, 0.05) is 0 Å². The van der Waals surface area contributed by atoms with E-state index >= 15 is 0 Å². The number of nitrogens with zero attached hydrogens (tertiary/aromatic N) is 1. The van der Waals surface area contributed by atoms with Gasteiger partial charge in [0.1, 0.15) is 0 Å². The smallest absolute Gasteiger partial charge is 0.410 e. The Morgan fingerprint density at radius 3 is 2.79 bits per heavy atom. The van der Waals surface area contributed by atoms with Crippen molar-refractivity contribution in [2.75, 3.05) is 6.61 Å². The molecule has 0 unspecified atom stereocenters. The summed E-state index contributed by atoms with van der Waals surface area (Å²) in [5, 5.41) is 0. The summed E-state index contributed by atoms with van der Waals surface area (Å²) in [4.78, 5) is 14.3. The van der Waals surface area contributed by atoms with E-state index in [2.05, 4.69) is 39.0 Å². The van der Waals surface area contributed by atoms with Gasteiger partial charge >= 0.3 is 6.09 Å². The molecule has 2 atom stereocenters. The van der Waals surface area contributed by atoms with E-state index in [1.807, 2.05) is 4.90 Å². The van der Waals surface area contributed by atoms with Crippen molar-refractivity contribution in [3.8, 4) is 0 Å². The van der Waals surface area contributed by atoms with Crippen LogP contribution < -0.4 is 0 Å². The third kappa shape index (κ3) is 1.92. The normalized spacial score (nSPS) is 23.9. The molecule has 1 aromatic rings. The maximum atomic E-state index is 12.3. The zero-order valence-electron chi connectivity index (χ0n) is 11.8. The molecule has 0 spiro atoms. The molecule has 3 nitrogen and oxygen atoms in total. The van der Waals surface area contributed by atoms with Crippen molar-refractivity contribution in [3.05, 3.63) is 34.9 Å². The van der Waals surface area contributed by atoms with E-state index in [4.69, 9.17) is 4.74 Å². The Bertz CT molecular complexity index is 509. The van der Waals surface area contributed by atoms with Gasteiger partial charge in [-0.2, -0.15) is 0 Å². The zero-order valence-corrected chi connectivity index (χ0v) is 11.8. The predicted molar refractivity (Wildman–Crippen MR) is 73.9 cm³/mol. The van der Waals surface area contributed by atoms with Crippen molar-refractivity contribution in [2.24, 2.45) is 5.92 Å². The van der Waals surface area contributed by atoms with Gasteiger partial charge in [-0.25, -0.2) is 4.79 Å². The van der Waals surface area contributed by atoms with Crippen LogP contribution in [0.4, 0.5) is 4.79 Å². The van der Waals surface area contributed by atoms with Gasteiger partial charge in [0.2, 0.25) is 0 Å². The minimum absolute atomic E-state index is 0.142. The molecule has 102 valence electrons. The molecular weight excluding hydrogens is 238 g/mol. The second-order valence-electron chi connectivity index (χ2n) is 6.06. The van der Waals surface area contributed by atoms with Crippen molar-refractivity contribution in [1.82, 2.24) is 4.90 Å². The highest BCUT2D eigenvalue weighted by Crippen LogP contribution is 2.54. The fourth-order valence-corrected chi connectivity index (χ4v) is 3.42. The van der Waals surface area contributed by atoms with Crippen molar-refractivity contribution >= 4 is 6.09 Å². The number of hydrogen-bond acceptors (Lipinski definition) is 2. The van der Waals surface area contributed by atoms with Gasteiger partial charge in [0.25, 0.3) is 0 Å². The Labute approximate surface area is 114 Å². The average molecular weight is 259 g/mol. The summed E-state index contributed by atoms with van der Waals surface area (Å²) in [7, 11) is 0. The SMILES string of the molecule is Cc1cccc2c1[C@@H]1CC[C@H]2N1C(=O)OCC(C)C. The number of aryl methyl sites for hydroxylation is 1. The third-order valence-corrected chi connectivity index (χ3v) is 4.19. The van der Waals surface area contributed by atoms with Crippen LogP contribution in [-0.2, 0) is 4.74 Å². The summed E-state index contributed by atoms with van der Waals surface area (Å²) >= 11 is 0. The molecule has 0 radical (unpaired) electrons. The number of ether oxygens (including phenoxy) is 1. The lowest BCUT2D eigenvalue weighted by Crippen LogP contribution is -2.29. The predicted octanol–water partition coefficient (Wildman–Crippen LogP) is 3.98. The minimum Gasteiger partial charge on any atom is -0.449 e. The lowest BCUT2D eigenvalue weighted by molar-refractivity contribution is 0.0807. The van der Waals surface area contributed by atoms with Crippen LogP contribution in [0.25, 0.3) is 0 Å². The maximum Gasteiger partial charge on any atom is 0.410 e. The first kappa shape index (κ1) is 12.5. The van der Waals surface area contributed by atoms with Crippen LogP contribution in [-0.4, -0.2) is 17.6 Å². The van der Waals surface area contributed by atoms with Gasteiger partial charge in [-0.1, -0.05) is 32.0 Å². The monoisotopic (exact) mass is 259 g/mol. The summed E-state index contributed by atoms with van der Waals surface area (Å²) < 4.78 is 5.43. The van der Waals surface area contributed by atoms with Crippen LogP contribution in [0.2, 0.25) is 0 Å². The van der Waals surface area contributed by atoms with Crippen molar-refractivity contribution in [2.45, 2.75) is 45.7 Å². The quantitative estimate of drug-likeness (QED) is 0.804. The van der Waals surface area contributed by atoms with E-state index in [0.29, 0.717) is 12.5 Å². The Morgan fingerprint density at radius 1 is 1.37 bits per heavy atom. The molecule has 1 saturated heterocycles. The van der Waals surface area contributed by atoms with Gasteiger partial charge in [-0.15, -0.1) is 0 Å². The van der Waals surface area contributed by atoms with Gasteiger partial charge in [-0.05, 0) is 42.4 Å². The molecule has 0 aliphatic carbocycles. The molecule has 2 bridgehead atoms. The number of amides is 1. The molecular formula is C16H21NO2. The van der Waals surface area contributed by atoms with E-state index in [0.717, 1.165) is 12.8 Å². The van der Waals surface area contributed by atoms with Crippen LogP contribution in [0.3, 0.4) is 0 Å². The molecule has 19 heavy (non-hydrogen) atoms. The number of rotatable bonds is 2. The molecule has 0 aromatic heterocycles. The topological polar surface area (TPSA) is 29.5 Å². The molecule has 3 rings (SSSR count). The third-order valence-electron chi connectivity index (χ3n) is 4.19. The lowest BCUT2D eigenvalue weighted by atomic mass is 9.89. The minimum atomic E-state index is -0.142. The molecule has 2 heterocycles. The molecule has 2 aliphatic heterocycles. The van der Waals surface area contributed by atoms with Gasteiger partial charge in [0.15, 0.2) is 0 Å². The summed E-state index contributed by atoms with van der Waals surface area (Å²) in [5.41, 5.74) is 3.99. The zero-order chi connectivity index (χ0) is 13.6. The summed E-state index contributed by atoms with van der Waals surface area (Å²) in [5.74, 6) is 0.383. The first-order chi connectivity index (χ1) is 9.09. The number of carbonyl (C=O) groups excluding carboxylic acids is 1. The highest BCUT2D eigenvalue weighted by Gasteiger charge is 2.47. The van der Waals surface area contributed by atoms with Crippen LogP contribution in [0.5, 0.6) is 0 Å². The lowest BCUT2D eigenvalue weighted by Gasteiger charge is -2.22. The second-order valence-corrected chi connectivity index (χ2v) is 6.06. The number of carbonyl (C=O) groups is 1. The van der Waals surface area contributed by atoms with Crippen LogP contribution in [0.1, 0.15) is 55.5 Å². The largest absolute Gasteiger partial charge is 0.449 e. The highest BCUT2D eigenvalue weighted by molar-refractivity contribution is 5.72. The molecule has 1 fully saturated rings. The highest BCUT2D eigenvalue weighted by atomic mass is 16.6. The van der Waals surface area contributed by atoms with Crippen molar-refractivity contribution < 1.29 is 9.53 Å². The first-order valence-corrected chi connectivity index (χ1v) is 7.14. The first-order valence-electron chi connectivity index (χ1n) is 7.14. The van der Waals surface area contributed by atoms with Gasteiger partial charge < -0.3 is 4.74 Å². The Kier molecular flexibility index (Phi) is 3.00. The Hall–Kier alpha value is -1.51. The number of fused-ring (bicyclic) bond motifs is 5. The summed E-state index contributed by atoms with van der Waals surface area (Å²) in [6.45, 7) is 6.76. The Balaban J connectivity index is 1.84. The van der Waals surface area contributed by atoms with Crippen molar-refractivity contribution in [1.29, 1.82) is 0 Å². The van der Waals surface area contributed by atoms with E-state index in [1.54, 1.807) is 0 Å². The molecule has 0 saturated carbocycles. The summed E-state index contributed by atoms with van der Waals surface area (Å²) in [6, 6.07) is 6.86. The summed E-state index contributed by atoms with van der Waals surface area (Å²) in [6.07, 6.45) is 1.99. The molecule has 1 amide bonds. The van der Waals surface area contributed by atoms with Crippen LogP contribution >= 0.6 is 0 Å². The second kappa shape index (κ2) is 4.55. The molecule has 2 aliphatic rings. The van der Waals surface area contributed by atoms with Crippen LogP contribution in [0, 0.1) is 12.8 Å². The maximum absolute atomic E-state index is 12.3. The van der Waals surface area contributed by atoms with E-state index in [9.17, 15) is 4.79 Å². The Morgan fingerprint density at radius 2 is 2.11 bits per heavy atom. The fourth-order valence-electron chi connectivity index (χ4n) is 3.42. The van der Waals surface area contributed by atoms with Gasteiger partial charge in [0.05, 0.1) is 18.7 Å². The fraction of sp³-hybridized carbons (Fsp3) is 0.562. The van der Waals surface area contributed by atoms with Gasteiger partial charge in [-0.3, -0.25) is 4.90 Å². The number of benzene rings is 1. The average Bonchev–Trinajstić information content (AvgIpc) is 2.93. The number of hydrogen-bond donors (Lipinski definition) is 0. The van der Waals surface area contributed by atoms with E-state index in [1.165, 1.54) is 16.7 Å². The van der Waals surface area contributed by atoms with E-state index in [-0.39, 0.29) is 18.2 Å². The molecule has 3 heteroatoms. The van der Waals surface area contributed by atoms with E-state index < -0.39 is 0 Å². The standard InChI is InChI=1S/C16H21NO2/c1-10(2)9-19-16(18)17-13-7-8-14(17)15-11(3)5-4-6-12(13)15/h4-6,10,13-14H,7-9H2,1-3H3/t13-,14+/m1/s1. The van der Waals surface area contributed by atoms with Crippen LogP contribution in [0.15, 0.2) is 18.2 Å².